The lowest BCUT2D eigenvalue weighted by Gasteiger charge is -2.19. The minimum Gasteiger partial charge on any atom is -0.406 e. The molecule has 7 nitrogen and oxygen atoms in total. The van der Waals surface area contributed by atoms with Crippen LogP contribution in [-0.2, 0) is 4.79 Å². The van der Waals surface area contributed by atoms with Crippen LogP contribution in [0.25, 0.3) is 0 Å². The van der Waals surface area contributed by atoms with Crippen molar-refractivity contribution in [3.63, 3.8) is 0 Å². The molecule has 2 rings (SSSR count). The van der Waals surface area contributed by atoms with E-state index >= 15 is 0 Å². The van der Waals surface area contributed by atoms with E-state index in [0.29, 0.717) is 13.0 Å². The van der Waals surface area contributed by atoms with E-state index in [4.69, 9.17) is 0 Å². The zero-order valence-corrected chi connectivity index (χ0v) is 11.6. The molecule has 1 saturated heterocycles. The first kappa shape index (κ1) is 17.2. The molecule has 23 heavy (non-hydrogen) atoms. The van der Waals surface area contributed by atoms with Crippen molar-refractivity contribution in [1.82, 2.24) is 10.4 Å². The Morgan fingerprint density at radius 3 is 2.35 bits per heavy atom. The van der Waals surface area contributed by atoms with Crippen LogP contribution in [0.2, 0.25) is 0 Å². The second-order valence-electron chi connectivity index (χ2n) is 4.82. The molecule has 0 radical (unpaired) electrons. The van der Waals surface area contributed by atoms with E-state index < -0.39 is 36.1 Å². The largest absolute Gasteiger partial charge is 0.573 e. The zero-order chi connectivity index (χ0) is 17.2. The van der Waals surface area contributed by atoms with Gasteiger partial charge in [-0.05, 0) is 37.2 Å². The van der Waals surface area contributed by atoms with Gasteiger partial charge in [0, 0.05) is 5.56 Å². The summed E-state index contributed by atoms with van der Waals surface area (Å²) in [4.78, 5) is 23.8. The summed E-state index contributed by atoms with van der Waals surface area (Å²) in [6.07, 6.45) is -5.61. The van der Waals surface area contributed by atoms with Gasteiger partial charge in [0.25, 0.3) is 11.8 Å². The number of carbonyl (C=O) groups excluding carboxylic acids is 2. The van der Waals surface area contributed by atoms with Crippen LogP contribution in [0, 0.1) is 0 Å². The van der Waals surface area contributed by atoms with Crippen molar-refractivity contribution in [2.45, 2.75) is 24.9 Å². The first-order chi connectivity index (χ1) is 10.7. The Bertz CT molecular complexity index is 590. The van der Waals surface area contributed by atoms with Crippen LogP contribution in [0.4, 0.5) is 13.2 Å². The van der Waals surface area contributed by atoms with Crippen LogP contribution in [-0.4, -0.2) is 52.2 Å². The third-order valence-electron chi connectivity index (χ3n) is 3.19. The summed E-state index contributed by atoms with van der Waals surface area (Å²) < 4.78 is 39.7. The maximum Gasteiger partial charge on any atom is 0.573 e. The van der Waals surface area contributed by atoms with Crippen LogP contribution in [0.1, 0.15) is 16.8 Å². The first-order valence-electron chi connectivity index (χ1n) is 6.53. The Labute approximate surface area is 128 Å². The van der Waals surface area contributed by atoms with Crippen LogP contribution in [0.15, 0.2) is 24.3 Å². The van der Waals surface area contributed by atoms with E-state index in [2.05, 4.69) is 10.1 Å². The molecule has 0 bridgehead atoms. The summed E-state index contributed by atoms with van der Waals surface area (Å²) in [6.45, 7) is 0.350. The zero-order valence-electron chi connectivity index (χ0n) is 11.6. The van der Waals surface area contributed by atoms with Crippen molar-refractivity contribution in [2.75, 3.05) is 6.54 Å². The number of imide groups is 1. The lowest BCUT2D eigenvalue weighted by atomic mass is 10.1. The van der Waals surface area contributed by atoms with Gasteiger partial charge in [-0.25, -0.2) is 0 Å². The highest BCUT2D eigenvalue weighted by Crippen LogP contribution is 2.23. The molecule has 0 aliphatic carbocycles. The summed E-state index contributed by atoms with van der Waals surface area (Å²) in [6, 6.07) is 2.58. The Kier molecular flexibility index (Phi) is 4.88. The highest BCUT2D eigenvalue weighted by atomic mass is 19.4. The third kappa shape index (κ3) is 4.18. The van der Waals surface area contributed by atoms with Gasteiger partial charge < -0.3 is 15.2 Å². The molecule has 1 aliphatic heterocycles. The average Bonchev–Trinajstić information content (AvgIpc) is 2.90. The molecule has 1 heterocycles. The number of hydroxylamine groups is 2. The molecule has 1 aromatic carbocycles. The normalized spacial score (nSPS) is 21.1. The van der Waals surface area contributed by atoms with Crippen molar-refractivity contribution in [3.8, 4) is 5.75 Å². The number of carbonyl (C=O) groups is 2. The van der Waals surface area contributed by atoms with Gasteiger partial charge in [0.2, 0.25) is 0 Å². The molecule has 1 aliphatic rings. The molecule has 2 amide bonds. The summed E-state index contributed by atoms with van der Waals surface area (Å²) in [5, 5.41) is 21.7. The van der Waals surface area contributed by atoms with Crippen molar-refractivity contribution in [2.24, 2.45) is 0 Å². The minimum atomic E-state index is -4.87. The highest BCUT2D eigenvalue weighted by Gasteiger charge is 2.36. The van der Waals surface area contributed by atoms with Crippen molar-refractivity contribution < 1.29 is 37.8 Å². The number of halogens is 3. The number of aliphatic hydroxyl groups excluding tert-OH is 1. The molecule has 2 atom stereocenters. The maximum atomic E-state index is 12.0. The quantitative estimate of drug-likeness (QED) is 0.427. The molecule has 3 N–H and O–H groups in total. The molecule has 0 unspecified atom stereocenters. The molecule has 126 valence electrons. The predicted molar refractivity (Wildman–Crippen MR) is 68.5 cm³/mol. The smallest absolute Gasteiger partial charge is 0.406 e. The van der Waals surface area contributed by atoms with Crippen LogP contribution in [0.5, 0.6) is 5.75 Å². The molecule has 10 heteroatoms. The fourth-order valence-corrected chi connectivity index (χ4v) is 2.09. The second kappa shape index (κ2) is 6.52. The van der Waals surface area contributed by atoms with E-state index in [0.717, 1.165) is 24.3 Å². The third-order valence-corrected chi connectivity index (χ3v) is 3.19. The molecular weight excluding hydrogens is 321 g/mol. The number of rotatable bonds is 3. The van der Waals surface area contributed by atoms with Gasteiger partial charge in [-0.2, -0.15) is 5.06 Å². The SMILES string of the molecule is O=C(c1ccc(OC(F)(F)F)cc1)N(O)C(=O)[C@@H]1NCC[C@H]1O. The number of aliphatic hydroxyl groups is 1. The monoisotopic (exact) mass is 334 g/mol. The molecular formula is C13H13F3N2O5. The minimum absolute atomic E-state index is 0.175. The highest BCUT2D eigenvalue weighted by molar-refractivity contribution is 6.05. The fraction of sp³-hybridized carbons (Fsp3) is 0.385. The van der Waals surface area contributed by atoms with Crippen LogP contribution < -0.4 is 10.1 Å². The fourth-order valence-electron chi connectivity index (χ4n) is 2.09. The van der Waals surface area contributed by atoms with Gasteiger partial charge in [-0.15, -0.1) is 13.2 Å². The topological polar surface area (TPSA) is 99.1 Å². The number of hydrogen-bond acceptors (Lipinski definition) is 6. The lowest BCUT2D eigenvalue weighted by Crippen LogP contribution is -2.49. The predicted octanol–water partition coefficient (Wildman–Crippen LogP) is 0.666. The number of nitrogens with one attached hydrogen (secondary N) is 1. The molecule has 0 saturated carbocycles. The van der Waals surface area contributed by atoms with Crippen molar-refractivity contribution >= 4 is 11.8 Å². The number of amides is 2. The van der Waals surface area contributed by atoms with Crippen molar-refractivity contribution in [1.29, 1.82) is 0 Å². The number of benzene rings is 1. The maximum absolute atomic E-state index is 12.0. The Morgan fingerprint density at radius 2 is 1.87 bits per heavy atom. The Balaban J connectivity index is 2.06. The lowest BCUT2D eigenvalue weighted by molar-refractivity contribution is -0.274. The van der Waals surface area contributed by atoms with Gasteiger partial charge in [0.15, 0.2) is 0 Å². The van der Waals surface area contributed by atoms with Gasteiger partial charge in [-0.1, -0.05) is 0 Å². The van der Waals surface area contributed by atoms with Gasteiger partial charge in [0.05, 0.1) is 6.10 Å². The number of ether oxygens (including phenoxy) is 1. The number of alkyl halides is 3. The second-order valence-corrected chi connectivity index (χ2v) is 4.82. The van der Waals surface area contributed by atoms with E-state index in [1.807, 2.05) is 0 Å². The molecule has 0 spiro atoms. The van der Waals surface area contributed by atoms with E-state index in [1.165, 1.54) is 0 Å². The van der Waals surface area contributed by atoms with Crippen molar-refractivity contribution in [3.05, 3.63) is 29.8 Å². The average molecular weight is 334 g/mol. The van der Waals surface area contributed by atoms with Crippen LogP contribution >= 0.6 is 0 Å². The van der Waals surface area contributed by atoms with E-state index in [9.17, 15) is 33.1 Å². The van der Waals surface area contributed by atoms with Gasteiger partial charge >= 0.3 is 6.36 Å². The first-order valence-corrected chi connectivity index (χ1v) is 6.53. The summed E-state index contributed by atoms with van der Waals surface area (Å²) in [5.74, 6) is -2.72. The summed E-state index contributed by atoms with van der Waals surface area (Å²) in [5.41, 5.74) is -0.220. The molecule has 1 fully saturated rings. The van der Waals surface area contributed by atoms with E-state index in [1.54, 1.807) is 0 Å². The number of nitrogens with zero attached hydrogens (tertiary/aromatic N) is 1. The summed E-state index contributed by atoms with van der Waals surface area (Å²) >= 11 is 0. The van der Waals surface area contributed by atoms with Crippen LogP contribution in [0.3, 0.4) is 0 Å². The number of hydrogen-bond donors (Lipinski definition) is 3. The van der Waals surface area contributed by atoms with Gasteiger partial charge in [0.1, 0.15) is 11.8 Å². The Hall–Kier alpha value is -2.17. The van der Waals surface area contributed by atoms with E-state index in [-0.39, 0.29) is 10.6 Å². The molecule has 1 aromatic rings. The van der Waals surface area contributed by atoms with Gasteiger partial charge in [-0.3, -0.25) is 14.8 Å². The Morgan fingerprint density at radius 1 is 1.26 bits per heavy atom. The standard InChI is InChI=1S/C13H13F3N2O5/c14-13(15,16)23-8-3-1-7(2-4-8)11(20)18(22)12(21)10-9(19)5-6-17-10/h1-4,9-10,17,19,22H,5-6H2/t9-,10-/m1/s1. The summed E-state index contributed by atoms with van der Waals surface area (Å²) in [7, 11) is 0. The molecule has 0 aromatic heterocycles.